The fourth-order valence-electron chi connectivity index (χ4n) is 1.41. The quantitative estimate of drug-likeness (QED) is 0.749. The monoisotopic (exact) mass is 240 g/mol. The largest absolute Gasteiger partial charge is 0.256 e. The highest BCUT2D eigenvalue weighted by Crippen LogP contribution is 2.17. The number of nitriles is 1. The van der Waals surface area contributed by atoms with E-state index >= 15 is 0 Å². The van der Waals surface area contributed by atoms with Crippen LogP contribution >= 0.6 is 11.6 Å². The van der Waals surface area contributed by atoms with Gasteiger partial charge in [-0.15, -0.1) is 0 Å². The zero-order valence-corrected chi connectivity index (χ0v) is 9.72. The summed E-state index contributed by atoms with van der Waals surface area (Å²) in [6.45, 7) is 0. The first-order valence-electron chi connectivity index (χ1n) is 5.08. The van der Waals surface area contributed by atoms with Gasteiger partial charge in [-0.1, -0.05) is 29.8 Å². The Morgan fingerprint density at radius 1 is 1.18 bits per heavy atom. The Balaban J connectivity index is 2.37. The van der Waals surface area contributed by atoms with Crippen molar-refractivity contribution >= 4 is 23.3 Å². The summed E-state index contributed by atoms with van der Waals surface area (Å²) in [6, 6.07) is 14.9. The molecule has 0 saturated heterocycles. The summed E-state index contributed by atoms with van der Waals surface area (Å²) in [7, 11) is 0. The standard InChI is InChI=1S/C14H9ClN2/c15-13-6-4-11(5-7-13)9-12(10-16)14-3-1-2-8-17-14/h1-9H. The molecule has 2 aromatic rings. The van der Waals surface area contributed by atoms with Crippen LogP contribution < -0.4 is 0 Å². The predicted octanol–water partition coefficient (Wildman–Crippen LogP) is 3.80. The van der Waals surface area contributed by atoms with Crippen LogP contribution in [0.4, 0.5) is 0 Å². The Kier molecular flexibility index (Phi) is 3.54. The van der Waals surface area contributed by atoms with Crippen LogP contribution in [0.5, 0.6) is 0 Å². The first kappa shape index (κ1) is 11.4. The summed E-state index contributed by atoms with van der Waals surface area (Å²) >= 11 is 5.80. The summed E-state index contributed by atoms with van der Waals surface area (Å²) in [5, 5.41) is 9.79. The third kappa shape index (κ3) is 2.93. The van der Waals surface area contributed by atoms with Crippen LogP contribution in [0, 0.1) is 11.3 Å². The van der Waals surface area contributed by atoms with E-state index in [0.717, 1.165) is 5.56 Å². The van der Waals surface area contributed by atoms with E-state index in [0.29, 0.717) is 16.3 Å². The van der Waals surface area contributed by atoms with E-state index in [-0.39, 0.29) is 0 Å². The van der Waals surface area contributed by atoms with Gasteiger partial charge in [-0.05, 0) is 35.9 Å². The van der Waals surface area contributed by atoms with Gasteiger partial charge in [0.2, 0.25) is 0 Å². The van der Waals surface area contributed by atoms with E-state index in [1.165, 1.54) is 0 Å². The number of hydrogen-bond donors (Lipinski definition) is 0. The van der Waals surface area contributed by atoms with Gasteiger partial charge in [0, 0.05) is 11.2 Å². The third-order valence-corrected chi connectivity index (χ3v) is 2.49. The summed E-state index contributed by atoms with van der Waals surface area (Å²) < 4.78 is 0. The number of allylic oxidation sites excluding steroid dienone is 1. The molecule has 82 valence electrons. The smallest absolute Gasteiger partial charge is 0.101 e. The Morgan fingerprint density at radius 2 is 1.94 bits per heavy atom. The fourth-order valence-corrected chi connectivity index (χ4v) is 1.54. The van der Waals surface area contributed by atoms with Crippen molar-refractivity contribution in [3.8, 4) is 6.07 Å². The predicted molar refractivity (Wildman–Crippen MR) is 69.2 cm³/mol. The highest BCUT2D eigenvalue weighted by molar-refractivity contribution is 6.30. The Hall–Kier alpha value is -2.11. The molecular weight excluding hydrogens is 232 g/mol. The molecule has 1 aromatic heterocycles. The van der Waals surface area contributed by atoms with Crippen LogP contribution in [-0.4, -0.2) is 4.98 Å². The summed E-state index contributed by atoms with van der Waals surface area (Å²) in [6.07, 6.45) is 3.46. The molecule has 0 radical (unpaired) electrons. The van der Waals surface area contributed by atoms with Crippen molar-refractivity contribution < 1.29 is 0 Å². The van der Waals surface area contributed by atoms with E-state index < -0.39 is 0 Å². The normalized spacial score (nSPS) is 10.9. The maximum atomic E-state index is 9.11. The van der Waals surface area contributed by atoms with Crippen molar-refractivity contribution in [2.45, 2.75) is 0 Å². The highest BCUT2D eigenvalue weighted by atomic mass is 35.5. The van der Waals surface area contributed by atoms with Crippen LogP contribution in [0.1, 0.15) is 11.3 Å². The SMILES string of the molecule is N#CC(=Cc1ccc(Cl)cc1)c1ccccn1. The number of hydrogen-bond acceptors (Lipinski definition) is 2. The number of benzene rings is 1. The van der Waals surface area contributed by atoms with Gasteiger partial charge in [-0.25, -0.2) is 0 Å². The van der Waals surface area contributed by atoms with E-state index in [4.69, 9.17) is 16.9 Å². The summed E-state index contributed by atoms with van der Waals surface area (Å²) in [5.74, 6) is 0. The molecule has 0 spiro atoms. The zero-order valence-electron chi connectivity index (χ0n) is 8.97. The molecule has 0 atom stereocenters. The lowest BCUT2D eigenvalue weighted by atomic mass is 10.1. The number of aromatic nitrogens is 1. The first-order valence-corrected chi connectivity index (χ1v) is 5.46. The zero-order chi connectivity index (χ0) is 12.1. The summed E-state index contributed by atoms with van der Waals surface area (Å²) in [4.78, 5) is 4.15. The van der Waals surface area contributed by atoms with Crippen molar-refractivity contribution in [1.82, 2.24) is 4.98 Å². The minimum Gasteiger partial charge on any atom is -0.256 e. The van der Waals surface area contributed by atoms with Gasteiger partial charge in [0.1, 0.15) is 6.07 Å². The van der Waals surface area contributed by atoms with Crippen LogP contribution in [0.25, 0.3) is 11.6 Å². The molecule has 0 bridgehead atoms. The maximum Gasteiger partial charge on any atom is 0.101 e. The fraction of sp³-hybridized carbons (Fsp3) is 0. The lowest BCUT2D eigenvalue weighted by Crippen LogP contribution is -1.85. The average molecular weight is 241 g/mol. The van der Waals surface area contributed by atoms with Crippen LogP contribution in [-0.2, 0) is 0 Å². The Labute approximate surface area is 105 Å². The molecule has 0 N–H and O–H groups in total. The molecule has 0 amide bonds. The van der Waals surface area contributed by atoms with Gasteiger partial charge in [-0.3, -0.25) is 4.98 Å². The summed E-state index contributed by atoms with van der Waals surface area (Å²) in [5.41, 5.74) is 2.13. The van der Waals surface area contributed by atoms with Crippen molar-refractivity contribution in [2.24, 2.45) is 0 Å². The van der Waals surface area contributed by atoms with Crippen LogP contribution in [0.2, 0.25) is 5.02 Å². The van der Waals surface area contributed by atoms with Crippen molar-refractivity contribution in [1.29, 1.82) is 5.26 Å². The van der Waals surface area contributed by atoms with Gasteiger partial charge >= 0.3 is 0 Å². The second-order valence-corrected chi connectivity index (χ2v) is 3.87. The molecule has 0 saturated carbocycles. The van der Waals surface area contributed by atoms with Gasteiger partial charge in [0.05, 0.1) is 11.3 Å². The second-order valence-electron chi connectivity index (χ2n) is 3.44. The lowest BCUT2D eigenvalue weighted by Gasteiger charge is -1.98. The number of pyridine rings is 1. The molecule has 17 heavy (non-hydrogen) atoms. The van der Waals surface area contributed by atoms with E-state index in [1.807, 2.05) is 30.3 Å². The Morgan fingerprint density at radius 3 is 2.53 bits per heavy atom. The molecule has 2 nitrogen and oxygen atoms in total. The van der Waals surface area contributed by atoms with Crippen molar-refractivity contribution in [3.63, 3.8) is 0 Å². The number of halogens is 1. The average Bonchev–Trinajstić information content (AvgIpc) is 2.39. The third-order valence-electron chi connectivity index (χ3n) is 2.24. The molecule has 1 aromatic carbocycles. The molecule has 0 aliphatic carbocycles. The van der Waals surface area contributed by atoms with Crippen LogP contribution in [0.3, 0.4) is 0 Å². The molecule has 0 unspecified atom stereocenters. The molecule has 1 heterocycles. The molecule has 0 fully saturated rings. The highest BCUT2D eigenvalue weighted by Gasteiger charge is 2.01. The van der Waals surface area contributed by atoms with Gasteiger partial charge in [0.25, 0.3) is 0 Å². The van der Waals surface area contributed by atoms with E-state index in [2.05, 4.69) is 11.1 Å². The van der Waals surface area contributed by atoms with Gasteiger partial charge < -0.3 is 0 Å². The number of nitrogens with zero attached hydrogens (tertiary/aromatic N) is 2. The first-order chi connectivity index (χ1) is 8.29. The lowest BCUT2D eigenvalue weighted by molar-refractivity contribution is 1.28. The van der Waals surface area contributed by atoms with Gasteiger partial charge in [0.15, 0.2) is 0 Å². The van der Waals surface area contributed by atoms with E-state index in [1.54, 1.807) is 24.4 Å². The van der Waals surface area contributed by atoms with Gasteiger partial charge in [-0.2, -0.15) is 5.26 Å². The maximum absolute atomic E-state index is 9.11. The Bertz CT molecular complexity index is 565. The molecule has 0 aliphatic heterocycles. The second kappa shape index (κ2) is 5.29. The van der Waals surface area contributed by atoms with E-state index in [9.17, 15) is 0 Å². The van der Waals surface area contributed by atoms with Crippen molar-refractivity contribution in [3.05, 3.63) is 64.9 Å². The molecule has 3 heteroatoms. The van der Waals surface area contributed by atoms with Crippen molar-refractivity contribution in [2.75, 3.05) is 0 Å². The minimum atomic E-state index is 0.535. The molecule has 0 aliphatic rings. The topological polar surface area (TPSA) is 36.7 Å². The minimum absolute atomic E-state index is 0.535. The van der Waals surface area contributed by atoms with Crippen LogP contribution in [0.15, 0.2) is 48.7 Å². The number of rotatable bonds is 2. The molecule has 2 rings (SSSR count). The molecular formula is C14H9ClN2.